The highest BCUT2D eigenvalue weighted by Crippen LogP contribution is 2.25. The number of carbonyl (C=O) groups excluding carboxylic acids is 3. The minimum absolute atomic E-state index is 0.0945. The number of benzene rings is 2. The lowest BCUT2D eigenvalue weighted by atomic mass is 9.99. The molecule has 2 amide bonds. The summed E-state index contributed by atoms with van der Waals surface area (Å²) in [7, 11) is 0. The summed E-state index contributed by atoms with van der Waals surface area (Å²) < 4.78 is 10.5. The number of rotatable bonds is 12. The number of ether oxygens (including phenoxy) is 1. The maximum atomic E-state index is 13.3. The maximum Gasteiger partial charge on any atom is 0.374 e. The van der Waals surface area contributed by atoms with E-state index in [0.29, 0.717) is 23.2 Å². The minimum atomic E-state index is -1.01. The van der Waals surface area contributed by atoms with Crippen LogP contribution >= 0.6 is 0 Å². The molecule has 1 aromatic heterocycles. The van der Waals surface area contributed by atoms with Gasteiger partial charge in [-0.1, -0.05) is 62.6 Å². The molecule has 0 spiro atoms. The average Bonchev–Trinajstić information content (AvgIpc) is 3.31. The van der Waals surface area contributed by atoms with Gasteiger partial charge < -0.3 is 19.8 Å². The van der Waals surface area contributed by atoms with Crippen LogP contribution in [0.3, 0.4) is 0 Å². The van der Waals surface area contributed by atoms with Gasteiger partial charge in [-0.2, -0.15) is 0 Å². The zero-order chi connectivity index (χ0) is 25.9. The highest BCUT2D eigenvalue weighted by molar-refractivity contribution is 6.09. The Balaban J connectivity index is 1.79. The van der Waals surface area contributed by atoms with Gasteiger partial charge in [0.1, 0.15) is 11.5 Å². The predicted molar refractivity (Wildman–Crippen MR) is 142 cm³/mol. The van der Waals surface area contributed by atoms with Crippen LogP contribution in [0.15, 0.2) is 65.1 Å². The fraction of sp³-hybridized carbons (Fsp3) is 0.345. The molecule has 1 heterocycles. The number of furan rings is 1. The number of fused-ring (bicyclic) bond motifs is 1. The molecule has 0 aliphatic carbocycles. The molecule has 36 heavy (non-hydrogen) atoms. The molecule has 7 nitrogen and oxygen atoms in total. The van der Waals surface area contributed by atoms with E-state index >= 15 is 0 Å². The van der Waals surface area contributed by atoms with Crippen LogP contribution in [-0.2, 0) is 14.3 Å². The van der Waals surface area contributed by atoms with E-state index in [4.69, 9.17) is 9.15 Å². The first kappa shape index (κ1) is 26.7. The van der Waals surface area contributed by atoms with Crippen LogP contribution in [0.5, 0.6) is 0 Å². The first-order valence-corrected chi connectivity index (χ1v) is 12.5. The van der Waals surface area contributed by atoms with Crippen LogP contribution < -0.4 is 10.6 Å². The van der Waals surface area contributed by atoms with Gasteiger partial charge in [-0.05, 0) is 55.7 Å². The molecular weight excluding hydrogens is 456 g/mol. The van der Waals surface area contributed by atoms with E-state index in [2.05, 4.69) is 17.6 Å². The molecule has 0 saturated carbocycles. The summed E-state index contributed by atoms with van der Waals surface area (Å²) in [6.07, 6.45) is 5.82. The first-order chi connectivity index (χ1) is 17.4. The molecule has 0 bridgehead atoms. The summed E-state index contributed by atoms with van der Waals surface area (Å²) in [5, 5.41) is 6.40. The van der Waals surface area contributed by atoms with E-state index in [1.165, 1.54) is 0 Å². The van der Waals surface area contributed by atoms with Crippen molar-refractivity contribution in [2.45, 2.75) is 46.5 Å². The van der Waals surface area contributed by atoms with Gasteiger partial charge in [0.25, 0.3) is 0 Å². The van der Waals surface area contributed by atoms with Crippen LogP contribution in [0.25, 0.3) is 16.5 Å². The van der Waals surface area contributed by atoms with Gasteiger partial charge in [0.15, 0.2) is 0 Å². The number of unbranched alkanes of at least 4 members (excludes halogenated alkanes) is 3. The summed E-state index contributed by atoms with van der Waals surface area (Å²) in [5.74, 6) is -2.24. The van der Waals surface area contributed by atoms with Crippen molar-refractivity contribution in [3.05, 3.63) is 72.0 Å². The van der Waals surface area contributed by atoms with Crippen molar-refractivity contribution >= 4 is 40.0 Å². The molecule has 1 atom stereocenters. The number of nitrogens with one attached hydrogen (secondary N) is 2. The van der Waals surface area contributed by atoms with Gasteiger partial charge >= 0.3 is 5.97 Å². The van der Waals surface area contributed by atoms with Crippen LogP contribution in [0.1, 0.15) is 62.6 Å². The molecule has 2 aromatic carbocycles. The fourth-order valence-corrected chi connectivity index (χ4v) is 3.83. The molecule has 3 rings (SSSR count). The summed E-state index contributed by atoms with van der Waals surface area (Å²) in [6.45, 7) is 6.51. The molecule has 2 N–H and O–H groups in total. The molecule has 0 fully saturated rings. The third-order valence-electron chi connectivity index (χ3n) is 5.80. The van der Waals surface area contributed by atoms with E-state index in [0.717, 1.165) is 36.8 Å². The lowest BCUT2D eigenvalue weighted by Gasteiger charge is -2.15. The highest BCUT2D eigenvalue weighted by atomic mass is 16.5. The van der Waals surface area contributed by atoms with E-state index in [1.807, 2.05) is 37.3 Å². The van der Waals surface area contributed by atoms with Gasteiger partial charge in [-0.3, -0.25) is 9.59 Å². The molecule has 7 heteroatoms. The largest absolute Gasteiger partial charge is 0.460 e. The number of carbonyl (C=O) groups is 3. The second-order valence-corrected chi connectivity index (χ2v) is 8.62. The van der Waals surface area contributed by atoms with E-state index in [-0.39, 0.29) is 18.3 Å². The summed E-state index contributed by atoms with van der Waals surface area (Å²) in [5.41, 5.74) is 2.77. The zero-order valence-corrected chi connectivity index (χ0v) is 21.1. The Morgan fingerprint density at radius 1 is 0.972 bits per heavy atom. The Bertz CT molecular complexity index is 1210. The predicted octanol–water partition coefficient (Wildman–Crippen LogP) is 5.96. The van der Waals surface area contributed by atoms with Crippen molar-refractivity contribution in [1.29, 1.82) is 0 Å². The van der Waals surface area contributed by atoms with Gasteiger partial charge in [-0.15, -0.1) is 0 Å². The molecule has 0 saturated heterocycles. The van der Waals surface area contributed by atoms with Crippen molar-refractivity contribution < 1.29 is 23.5 Å². The highest BCUT2D eigenvalue weighted by Gasteiger charge is 2.25. The molecule has 0 radical (unpaired) electrons. The monoisotopic (exact) mass is 490 g/mol. The van der Waals surface area contributed by atoms with E-state index < -0.39 is 17.8 Å². The Kier molecular flexibility index (Phi) is 9.86. The van der Waals surface area contributed by atoms with E-state index in [1.54, 1.807) is 37.3 Å². The van der Waals surface area contributed by atoms with Gasteiger partial charge in [0.05, 0.1) is 6.61 Å². The van der Waals surface area contributed by atoms with E-state index in [9.17, 15) is 14.4 Å². The van der Waals surface area contributed by atoms with Gasteiger partial charge in [0.2, 0.25) is 17.6 Å². The normalized spacial score (nSPS) is 12.2. The summed E-state index contributed by atoms with van der Waals surface area (Å²) >= 11 is 0. The van der Waals surface area contributed by atoms with Crippen LogP contribution in [0, 0.1) is 5.92 Å². The third-order valence-corrected chi connectivity index (χ3v) is 5.80. The van der Waals surface area contributed by atoms with Crippen LogP contribution in [0.4, 0.5) is 5.69 Å². The van der Waals surface area contributed by atoms with Crippen LogP contribution in [-0.4, -0.2) is 30.9 Å². The topological polar surface area (TPSA) is 97.6 Å². The second-order valence-electron chi connectivity index (χ2n) is 8.62. The molecule has 0 aliphatic rings. The number of anilines is 1. The number of allylic oxidation sites excluding steroid dienone is 1. The fourth-order valence-electron chi connectivity index (χ4n) is 3.83. The number of hydrogen-bond donors (Lipinski definition) is 2. The van der Waals surface area contributed by atoms with Gasteiger partial charge in [0, 0.05) is 17.6 Å². The molecule has 0 aliphatic heterocycles. The Hall–Kier alpha value is -3.87. The van der Waals surface area contributed by atoms with Crippen molar-refractivity contribution in [2.75, 3.05) is 18.5 Å². The average molecular weight is 491 g/mol. The Labute approximate surface area is 211 Å². The molecule has 190 valence electrons. The Morgan fingerprint density at radius 2 is 1.75 bits per heavy atom. The second kappa shape index (κ2) is 13.3. The molecule has 1 unspecified atom stereocenters. The zero-order valence-electron chi connectivity index (χ0n) is 21.1. The van der Waals surface area contributed by atoms with Crippen molar-refractivity contribution in [2.24, 2.45) is 5.92 Å². The summed E-state index contributed by atoms with van der Waals surface area (Å²) in [6, 6.07) is 16.3. The molecule has 3 aromatic rings. The number of hydrogen-bond acceptors (Lipinski definition) is 5. The maximum absolute atomic E-state index is 13.3. The summed E-state index contributed by atoms with van der Waals surface area (Å²) in [4.78, 5) is 38.3. The Morgan fingerprint density at radius 3 is 2.47 bits per heavy atom. The smallest absolute Gasteiger partial charge is 0.374 e. The lowest BCUT2D eigenvalue weighted by molar-refractivity contribution is -0.130. The standard InChI is InChI=1S/C29H34N2O5/c1-4-6-7-11-16-30-27(32)24(17-20(3)21-12-9-8-10-13-21)28(33)31-23-14-15-25-22(18-23)19-26(36-25)29(34)35-5-2/h8-10,12-15,17-19,24H,4-7,11,16H2,1-3H3,(H,30,32)(H,31,33)/b20-17+. The van der Waals surface area contributed by atoms with Crippen molar-refractivity contribution in [3.63, 3.8) is 0 Å². The number of amides is 2. The van der Waals surface area contributed by atoms with Crippen molar-refractivity contribution in [3.8, 4) is 0 Å². The van der Waals surface area contributed by atoms with Gasteiger partial charge in [-0.25, -0.2) is 4.79 Å². The lowest BCUT2D eigenvalue weighted by Crippen LogP contribution is -2.37. The third kappa shape index (κ3) is 7.31. The van der Waals surface area contributed by atoms with Crippen molar-refractivity contribution in [1.82, 2.24) is 5.32 Å². The SMILES string of the molecule is CCCCCCNC(=O)C(/C=C(\C)c1ccccc1)C(=O)Nc1ccc2oc(C(=O)OCC)cc2c1. The first-order valence-electron chi connectivity index (χ1n) is 12.5. The number of esters is 1. The minimum Gasteiger partial charge on any atom is -0.460 e. The van der Waals surface area contributed by atoms with Crippen LogP contribution in [0.2, 0.25) is 0 Å². The quantitative estimate of drug-likeness (QED) is 0.185. The molecular formula is C29H34N2O5.